The molecule has 4 heteroatoms. The molecular formula is C14H19NO2S. The first kappa shape index (κ1) is 13.4. The molecule has 98 valence electrons. The number of pyridine rings is 1. The quantitative estimate of drug-likeness (QED) is 0.904. The Morgan fingerprint density at radius 2 is 2.28 bits per heavy atom. The maximum absolute atomic E-state index is 11.2. The summed E-state index contributed by atoms with van der Waals surface area (Å²) >= 11 is 1.72. The second-order valence-electron chi connectivity index (χ2n) is 5.14. The third kappa shape index (κ3) is 3.25. The number of hydrogen-bond acceptors (Lipinski definition) is 3. The molecule has 1 saturated carbocycles. The van der Waals surface area contributed by atoms with Gasteiger partial charge in [0, 0.05) is 22.0 Å². The molecule has 0 amide bonds. The maximum Gasteiger partial charge on any atom is 0.338 e. The van der Waals surface area contributed by atoms with Crippen LogP contribution < -0.4 is 0 Å². The van der Waals surface area contributed by atoms with Crippen LogP contribution in [0.3, 0.4) is 0 Å². The van der Waals surface area contributed by atoms with Gasteiger partial charge in [0.25, 0.3) is 0 Å². The Labute approximate surface area is 112 Å². The fraction of sp³-hybridized carbons (Fsp3) is 0.571. The van der Waals surface area contributed by atoms with Crippen molar-refractivity contribution in [3.8, 4) is 0 Å². The van der Waals surface area contributed by atoms with Gasteiger partial charge in [-0.25, -0.2) is 4.79 Å². The SMILES string of the molecule is Cc1cc(SC2CCCC(C)C2)c(C(=O)O)cn1. The van der Waals surface area contributed by atoms with E-state index in [9.17, 15) is 9.90 Å². The predicted octanol–water partition coefficient (Wildman–Crippen LogP) is 3.76. The van der Waals surface area contributed by atoms with Crippen molar-refractivity contribution in [1.29, 1.82) is 0 Å². The van der Waals surface area contributed by atoms with Crippen molar-refractivity contribution < 1.29 is 9.90 Å². The van der Waals surface area contributed by atoms with Crippen LogP contribution in [0.1, 0.15) is 48.7 Å². The molecule has 0 radical (unpaired) electrons. The van der Waals surface area contributed by atoms with Crippen molar-refractivity contribution in [2.45, 2.75) is 49.7 Å². The molecule has 1 heterocycles. The minimum atomic E-state index is -0.881. The number of rotatable bonds is 3. The summed E-state index contributed by atoms with van der Waals surface area (Å²) in [5.41, 5.74) is 1.22. The Morgan fingerprint density at radius 3 is 2.94 bits per heavy atom. The van der Waals surface area contributed by atoms with E-state index in [2.05, 4.69) is 11.9 Å². The number of nitrogens with zero attached hydrogens (tertiary/aromatic N) is 1. The van der Waals surface area contributed by atoms with Crippen molar-refractivity contribution in [3.05, 3.63) is 23.5 Å². The largest absolute Gasteiger partial charge is 0.478 e. The molecule has 0 bridgehead atoms. The summed E-state index contributed by atoms with van der Waals surface area (Å²) in [6.07, 6.45) is 6.41. The summed E-state index contributed by atoms with van der Waals surface area (Å²) in [4.78, 5) is 16.1. The van der Waals surface area contributed by atoms with Gasteiger partial charge in [-0.15, -0.1) is 11.8 Å². The molecule has 1 N–H and O–H groups in total. The van der Waals surface area contributed by atoms with Crippen LogP contribution in [0.4, 0.5) is 0 Å². The van der Waals surface area contributed by atoms with E-state index in [1.807, 2.05) is 13.0 Å². The molecule has 18 heavy (non-hydrogen) atoms. The molecule has 2 atom stereocenters. The van der Waals surface area contributed by atoms with Gasteiger partial charge < -0.3 is 5.11 Å². The van der Waals surface area contributed by atoms with E-state index in [0.717, 1.165) is 16.5 Å². The average molecular weight is 265 g/mol. The van der Waals surface area contributed by atoms with E-state index in [4.69, 9.17) is 0 Å². The average Bonchev–Trinajstić information content (AvgIpc) is 2.28. The molecule has 1 fully saturated rings. The molecule has 2 rings (SSSR count). The van der Waals surface area contributed by atoms with Gasteiger partial charge in [0.15, 0.2) is 0 Å². The first-order valence-electron chi connectivity index (χ1n) is 6.43. The van der Waals surface area contributed by atoms with Gasteiger partial charge >= 0.3 is 5.97 Å². The van der Waals surface area contributed by atoms with Crippen molar-refractivity contribution in [2.75, 3.05) is 0 Å². The van der Waals surface area contributed by atoms with Gasteiger partial charge in [-0.05, 0) is 31.7 Å². The normalized spacial score (nSPS) is 23.9. The van der Waals surface area contributed by atoms with Crippen LogP contribution in [0.5, 0.6) is 0 Å². The molecule has 2 unspecified atom stereocenters. The molecular weight excluding hydrogens is 246 g/mol. The second-order valence-corrected chi connectivity index (χ2v) is 6.48. The highest BCUT2D eigenvalue weighted by atomic mass is 32.2. The Morgan fingerprint density at radius 1 is 1.50 bits per heavy atom. The first-order valence-corrected chi connectivity index (χ1v) is 7.31. The number of carbonyl (C=O) groups is 1. The fourth-order valence-corrected chi connectivity index (χ4v) is 4.03. The van der Waals surface area contributed by atoms with E-state index in [1.165, 1.54) is 31.9 Å². The van der Waals surface area contributed by atoms with E-state index in [0.29, 0.717) is 10.8 Å². The molecule has 0 saturated heterocycles. The molecule has 1 aliphatic rings. The van der Waals surface area contributed by atoms with Crippen LogP contribution in [-0.4, -0.2) is 21.3 Å². The smallest absolute Gasteiger partial charge is 0.338 e. The Hall–Kier alpha value is -1.03. The van der Waals surface area contributed by atoms with Crippen LogP contribution >= 0.6 is 11.8 Å². The topological polar surface area (TPSA) is 50.2 Å². The Balaban J connectivity index is 2.16. The number of aromatic nitrogens is 1. The third-order valence-electron chi connectivity index (χ3n) is 3.42. The minimum absolute atomic E-state index is 0.337. The van der Waals surface area contributed by atoms with Crippen LogP contribution in [0.15, 0.2) is 17.2 Å². The minimum Gasteiger partial charge on any atom is -0.478 e. The summed E-state index contributed by atoms with van der Waals surface area (Å²) in [6, 6.07) is 1.90. The zero-order chi connectivity index (χ0) is 13.1. The highest BCUT2D eigenvalue weighted by molar-refractivity contribution is 8.00. The van der Waals surface area contributed by atoms with Crippen LogP contribution in [0.2, 0.25) is 0 Å². The number of aryl methyl sites for hydroxylation is 1. The predicted molar refractivity (Wildman–Crippen MR) is 73.2 cm³/mol. The summed E-state index contributed by atoms with van der Waals surface area (Å²) in [7, 11) is 0. The molecule has 1 aromatic rings. The second kappa shape index (κ2) is 5.74. The highest BCUT2D eigenvalue weighted by Gasteiger charge is 2.22. The summed E-state index contributed by atoms with van der Waals surface area (Å²) < 4.78 is 0. The van der Waals surface area contributed by atoms with Gasteiger partial charge in [-0.1, -0.05) is 19.8 Å². The lowest BCUT2D eigenvalue weighted by molar-refractivity contribution is 0.0692. The Bertz CT molecular complexity index is 447. The summed E-state index contributed by atoms with van der Waals surface area (Å²) in [6.45, 7) is 4.18. The molecule has 1 aliphatic carbocycles. The molecule has 3 nitrogen and oxygen atoms in total. The van der Waals surface area contributed by atoms with E-state index >= 15 is 0 Å². The van der Waals surface area contributed by atoms with Crippen molar-refractivity contribution in [3.63, 3.8) is 0 Å². The number of carboxylic acid groups (broad SMARTS) is 1. The third-order valence-corrected chi connectivity index (χ3v) is 4.77. The zero-order valence-electron chi connectivity index (χ0n) is 10.8. The monoisotopic (exact) mass is 265 g/mol. The summed E-state index contributed by atoms with van der Waals surface area (Å²) in [5, 5.41) is 9.73. The summed E-state index contributed by atoms with van der Waals surface area (Å²) in [5.74, 6) is -0.124. The number of hydrogen-bond donors (Lipinski definition) is 1. The molecule has 0 spiro atoms. The number of thioether (sulfide) groups is 1. The first-order chi connectivity index (χ1) is 8.56. The molecule has 0 aliphatic heterocycles. The zero-order valence-corrected chi connectivity index (χ0v) is 11.7. The fourth-order valence-electron chi connectivity index (χ4n) is 2.46. The van der Waals surface area contributed by atoms with Crippen LogP contribution in [0, 0.1) is 12.8 Å². The van der Waals surface area contributed by atoms with Crippen LogP contribution in [-0.2, 0) is 0 Å². The molecule has 0 aromatic carbocycles. The lowest BCUT2D eigenvalue weighted by Gasteiger charge is -2.26. The lowest BCUT2D eigenvalue weighted by atomic mass is 9.91. The lowest BCUT2D eigenvalue weighted by Crippen LogP contribution is -2.15. The standard InChI is InChI=1S/C14H19NO2S/c1-9-4-3-5-11(6-9)18-13-7-10(2)15-8-12(13)14(16)17/h7-9,11H,3-6H2,1-2H3,(H,16,17). The van der Waals surface area contributed by atoms with Gasteiger partial charge in [-0.2, -0.15) is 0 Å². The van der Waals surface area contributed by atoms with Gasteiger partial charge in [0.1, 0.15) is 0 Å². The highest BCUT2D eigenvalue weighted by Crippen LogP contribution is 2.37. The van der Waals surface area contributed by atoms with Crippen LogP contribution in [0.25, 0.3) is 0 Å². The number of carboxylic acids is 1. The van der Waals surface area contributed by atoms with Gasteiger partial charge in [0.2, 0.25) is 0 Å². The van der Waals surface area contributed by atoms with E-state index in [-0.39, 0.29) is 0 Å². The molecule has 1 aromatic heterocycles. The van der Waals surface area contributed by atoms with Gasteiger partial charge in [-0.3, -0.25) is 4.98 Å². The van der Waals surface area contributed by atoms with Crippen molar-refractivity contribution in [2.24, 2.45) is 5.92 Å². The maximum atomic E-state index is 11.2. The Kier molecular flexibility index (Phi) is 4.27. The van der Waals surface area contributed by atoms with Gasteiger partial charge in [0.05, 0.1) is 5.56 Å². The number of aromatic carboxylic acids is 1. The van der Waals surface area contributed by atoms with Crippen molar-refractivity contribution >= 4 is 17.7 Å². The van der Waals surface area contributed by atoms with E-state index < -0.39 is 5.97 Å². The van der Waals surface area contributed by atoms with E-state index in [1.54, 1.807) is 11.8 Å². The van der Waals surface area contributed by atoms with Crippen molar-refractivity contribution in [1.82, 2.24) is 4.98 Å².